The van der Waals surface area contributed by atoms with Crippen molar-refractivity contribution in [1.29, 1.82) is 0 Å². The van der Waals surface area contributed by atoms with E-state index in [4.69, 9.17) is 9.47 Å². The number of amides is 1. The molecule has 2 aromatic rings. The van der Waals surface area contributed by atoms with Crippen LogP contribution < -0.4 is 5.32 Å². The van der Waals surface area contributed by atoms with Gasteiger partial charge in [0.2, 0.25) is 0 Å². The summed E-state index contributed by atoms with van der Waals surface area (Å²) in [7, 11) is 0. The minimum atomic E-state index is -0.535. The SMILES string of the molecule is CC(C)(C)OC(=O)NCCCC(=O)OC1c2ccccc2-c2ccccc21. The molecule has 1 amide bonds. The highest BCUT2D eigenvalue weighted by atomic mass is 16.6. The van der Waals surface area contributed by atoms with Gasteiger partial charge in [0.05, 0.1) is 0 Å². The Morgan fingerprint density at radius 1 is 0.963 bits per heavy atom. The van der Waals surface area contributed by atoms with Crippen LogP contribution in [0.4, 0.5) is 4.79 Å². The van der Waals surface area contributed by atoms with Crippen LogP contribution in [0.15, 0.2) is 48.5 Å². The first-order valence-electron chi connectivity index (χ1n) is 9.20. The van der Waals surface area contributed by atoms with Crippen molar-refractivity contribution >= 4 is 12.1 Å². The highest BCUT2D eigenvalue weighted by molar-refractivity contribution is 5.80. The van der Waals surface area contributed by atoms with E-state index in [2.05, 4.69) is 5.32 Å². The third-order valence-electron chi connectivity index (χ3n) is 4.25. The van der Waals surface area contributed by atoms with E-state index in [1.807, 2.05) is 48.5 Å². The zero-order chi connectivity index (χ0) is 19.4. The van der Waals surface area contributed by atoms with Gasteiger partial charge in [-0.05, 0) is 38.3 Å². The number of ether oxygens (including phenoxy) is 2. The smallest absolute Gasteiger partial charge is 0.407 e. The molecule has 1 aliphatic carbocycles. The molecule has 0 radical (unpaired) electrons. The van der Waals surface area contributed by atoms with Gasteiger partial charge in [0.25, 0.3) is 0 Å². The third-order valence-corrected chi connectivity index (χ3v) is 4.25. The Bertz CT molecular complexity index is 793. The quantitative estimate of drug-likeness (QED) is 0.619. The van der Waals surface area contributed by atoms with Crippen LogP contribution in [-0.4, -0.2) is 24.2 Å². The molecule has 0 heterocycles. The van der Waals surface area contributed by atoms with Crippen LogP contribution in [-0.2, 0) is 14.3 Å². The molecule has 5 nitrogen and oxygen atoms in total. The van der Waals surface area contributed by atoms with Crippen LogP contribution in [0.1, 0.15) is 50.8 Å². The fourth-order valence-corrected chi connectivity index (χ4v) is 3.16. The molecule has 1 N–H and O–H groups in total. The first-order chi connectivity index (χ1) is 12.8. The maximum atomic E-state index is 12.3. The van der Waals surface area contributed by atoms with Crippen molar-refractivity contribution in [3.63, 3.8) is 0 Å². The highest BCUT2D eigenvalue weighted by Crippen LogP contribution is 2.45. The van der Waals surface area contributed by atoms with E-state index in [1.165, 1.54) is 0 Å². The number of rotatable bonds is 5. The Morgan fingerprint density at radius 3 is 2.07 bits per heavy atom. The molecule has 0 spiro atoms. The summed E-state index contributed by atoms with van der Waals surface area (Å²) in [5.74, 6) is -0.280. The molecule has 27 heavy (non-hydrogen) atoms. The Hall–Kier alpha value is -2.82. The summed E-state index contributed by atoms with van der Waals surface area (Å²) in [5, 5.41) is 2.65. The molecular weight excluding hydrogens is 342 g/mol. The van der Waals surface area contributed by atoms with Gasteiger partial charge >= 0.3 is 12.1 Å². The van der Waals surface area contributed by atoms with Crippen molar-refractivity contribution in [3.8, 4) is 11.1 Å². The zero-order valence-corrected chi connectivity index (χ0v) is 16.0. The lowest BCUT2D eigenvalue weighted by Crippen LogP contribution is -2.33. The fraction of sp³-hybridized carbons (Fsp3) is 0.364. The van der Waals surface area contributed by atoms with E-state index in [0.717, 1.165) is 22.3 Å². The van der Waals surface area contributed by atoms with Crippen LogP contribution >= 0.6 is 0 Å². The molecule has 0 aromatic heterocycles. The number of nitrogens with one attached hydrogen (secondary N) is 1. The van der Waals surface area contributed by atoms with Crippen LogP contribution in [0, 0.1) is 0 Å². The lowest BCUT2D eigenvalue weighted by molar-refractivity contribution is -0.147. The lowest BCUT2D eigenvalue weighted by atomic mass is 10.1. The van der Waals surface area contributed by atoms with Crippen molar-refractivity contribution < 1.29 is 19.1 Å². The molecule has 1 aliphatic rings. The number of hydrogen-bond acceptors (Lipinski definition) is 4. The van der Waals surface area contributed by atoms with E-state index < -0.39 is 11.7 Å². The molecule has 0 aliphatic heterocycles. The van der Waals surface area contributed by atoms with Crippen LogP contribution in [0.3, 0.4) is 0 Å². The molecular formula is C22H25NO4. The number of carbonyl (C=O) groups is 2. The Morgan fingerprint density at radius 2 is 1.52 bits per heavy atom. The fourth-order valence-electron chi connectivity index (χ4n) is 3.16. The molecule has 3 rings (SSSR count). The van der Waals surface area contributed by atoms with Crippen LogP contribution in [0.2, 0.25) is 0 Å². The molecule has 0 fully saturated rings. The van der Waals surface area contributed by atoms with Gasteiger partial charge in [0, 0.05) is 24.1 Å². The number of hydrogen-bond donors (Lipinski definition) is 1. The van der Waals surface area contributed by atoms with Gasteiger partial charge in [-0.1, -0.05) is 48.5 Å². The minimum Gasteiger partial charge on any atom is -0.452 e. The Kier molecular flexibility index (Phi) is 5.49. The topological polar surface area (TPSA) is 64.6 Å². The summed E-state index contributed by atoms with van der Waals surface area (Å²) in [5.41, 5.74) is 3.71. The normalized spacial score (nSPS) is 12.9. The van der Waals surface area contributed by atoms with Crippen molar-refractivity contribution in [2.75, 3.05) is 6.54 Å². The summed E-state index contributed by atoms with van der Waals surface area (Å²) in [6.07, 6.45) is -0.122. The molecule has 0 saturated carbocycles. The van der Waals surface area contributed by atoms with Crippen LogP contribution in [0.5, 0.6) is 0 Å². The van der Waals surface area contributed by atoms with E-state index in [9.17, 15) is 9.59 Å². The van der Waals surface area contributed by atoms with Gasteiger partial charge in [0.1, 0.15) is 5.60 Å². The predicted molar refractivity (Wildman–Crippen MR) is 103 cm³/mol. The zero-order valence-electron chi connectivity index (χ0n) is 16.0. The van der Waals surface area contributed by atoms with Gasteiger partial charge in [0.15, 0.2) is 6.10 Å². The maximum absolute atomic E-state index is 12.3. The molecule has 142 valence electrons. The second-order valence-electron chi connectivity index (χ2n) is 7.58. The largest absolute Gasteiger partial charge is 0.452 e. The van der Waals surface area contributed by atoms with Gasteiger partial charge in [-0.2, -0.15) is 0 Å². The molecule has 0 atom stereocenters. The average molecular weight is 367 g/mol. The van der Waals surface area contributed by atoms with Gasteiger partial charge in [-0.3, -0.25) is 4.79 Å². The first-order valence-corrected chi connectivity index (χ1v) is 9.20. The first kappa shape index (κ1) is 19.0. The van der Waals surface area contributed by atoms with E-state index >= 15 is 0 Å². The summed E-state index contributed by atoms with van der Waals surface area (Å²) >= 11 is 0. The second kappa shape index (κ2) is 7.82. The third kappa shape index (κ3) is 4.67. The Balaban J connectivity index is 1.54. The Labute approximate surface area is 159 Å². The van der Waals surface area contributed by atoms with Gasteiger partial charge < -0.3 is 14.8 Å². The number of fused-ring (bicyclic) bond motifs is 3. The van der Waals surface area contributed by atoms with Gasteiger partial charge in [-0.15, -0.1) is 0 Å². The standard InChI is InChI=1S/C22H25NO4/c1-22(2,3)27-21(25)23-14-8-13-19(24)26-20-17-11-6-4-9-15(17)16-10-5-7-12-18(16)20/h4-7,9-12,20H,8,13-14H2,1-3H3,(H,23,25). The summed E-state index contributed by atoms with van der Waals surface area (Å²) in [4.78, 5) is 23.9. The molecule has 5 heteroatoms. The second-order valence-corrected chi connectivity index (χ2v) is 7.58. The van der Waals surface area contributed by atoms with Crippen molar-refractivity contribution in [3.05, 3.63) is 59.7 Å². The summed E-state index contributed by atoms with van der Waals surface area (Å²) in [6, 6.07) is 16.0. The number of carbonyl (C=O) groups excluding carboxylic acids is 2. The summed E-state index contributed by atoms with van der Waals surface area (Å²) < 4.78 is 10.9. The minimum absolute atomic E-state index is 0.233. The van der Waals surface area contributed by atoms with E-state index in [-0.39, 0.29) is 18.5 Å². The maximum Gasteiger partial charge on any atom is 0.407 e. The van der Waals surface area contributed by atoms with E-state index in [0.29, 0.717) is 13.0 Å². The number of alkyl carbamates (subject to hydrolysis) is 1. The van der Waals surface area contributed by atoms with Crippen LogP contribution in [0.25, 0.3) is 11.1 Å². The number of esters is 1. The van der Waals surface area contributed by atoms with E-state index in [1.54, 1.807) is 20.8 Å². The predicted octanol–water partition coefficient (Wildman–Crippen LogP) is 4.60. The molecule has 2 aromatic carbocycles. The molecule has 0 unspecified atom stereocenters. The van der Waals surface area contributed by atoms with Crippen molar-refractivity contribution in [1.82, 2.24) is 5.32 Å². The highest BCUT2D eigenvalue weighted by Gasteiger charge is 2.30. The summed E-state index contributed by atoms with van der Waals surface area (Å²) in [6.45, 7) is 5.78. The van der Waals surface area contributed by atoms with Gasteiger partial charge in [-0.25, -0.2) is 4.79 Å². The lowest BCUT2D eigenvalue weighted by Gasteiger charge is -2.19. The van der Waals surface area contributed by atoms with Crippen molar-refractivity contribution in [2.45, 2.75) is 45.3 Å². The average Bonchev–Trinajstić information content (AvgIpc) is 2.92. The molecule has 0 saturated heterocycles. The molecule has 0 bridgehead atoms. The van der Waals surface area contributed by atoms with Crippen molar-refractivity contribution in [2.24, 2.45) is 0 Å². The monoisotopic (exact) mass is 367 g/mol. The number of benzene rings is 2.